The summed E-state index contributed by atoms with van der Waals surface area (Å²) in [7, 11) is 1.81. The van der Waals surface area contributed by atoms with Gasteiger partial charge in [0.1, 0.15) is 17.3 Å². The van der Waals surface area contributed by atoms with E-state index in [0.717, 1.165) is 29.3 Å². The molecule has 0 radical (unpaired) electrons. The predicted octanol–water partition coefficient (Wildman–Crippen LogP) is 3.25. The number of rotatable bonds is 4. The standard InChI is InChI=1S/C21H23N5O2/c1-14-6-4-5-7-18(14)28-19-12-15(2)22-20(23-19)16-8-11-26(13-16)21(27)17-9-10-25(3)24-17/h4-7,9-10,12,16H,8,11,13H2,1-3H3/t16-/m0/s1. The Labute approximate surface area is 164 Å². The van der Waals surface area contributed by atoms with Gasteiger partial charge in [0.15, 0.2) is 0 Å². The van der Waals surface area contributed by atoms with Gasteiger partial charge >= 0.3 is 0 Å². The first-order chi connectivity index (χ1) is 13.5. The van der Waals surface area contributed by atoms with Crippen LogP contribution >= 0.6 is 0 Å². The van der Waals surface area contributed by atoms with Crippen LogP contribution in [0.25, 0.3) is 0 Å². The zero-order chi connectivity index (χ0) is 19.7. The van der Waals surface area contributed by atoms with Crippen molar-refractivity contribution in [2.45, 2.75) is 26.2 Å². The highest BCUT2D eigenvalue weighted by atomic mass is 16.5. The van der Waals surface area contributed by atoms with Crippen LogP contribution in [0.4, 0.5) is 0 Å². The first kappa shape index (κ1) is 18.2. The van der Waals surface area contributed by atoms with Crippen LogP contribution in [0.3, 0.4) is 0 Å². The summed E-state index contributed by atoms with van der Waals surface area (Å²) in [5, 5.41) is 4.21. The molecule has 144 valence electrons. The van der Waals surface area contributed by atoms with Gasteiger partial charge in [-0.05, 0) is 38.0 Å². The number of carbonyl (C=O) groups is 1. The lowest BCUT2D eigenvalue weighted by Gasteiger charge is -2.15. The van der Waals surface area contributed by atoms with Crippen LogP contribution < -0.4 is 4.74 Å². The van der Waals surface area contributed by atoms with Crippen molar-refractivity contribution in [3.63, 3.8) is 0 Å². The van der Waals surface area contributed by atoms with Crippen LogP contribution in [0.15, 0.2) is 42.6 Å². The monoisotopic (exact) mass is 377 g/mol. The molecule has 1 atom stereocenters. The fraction of sp³-hybridized carbons (Fsp3) is 0.333. The molecule has 0 unspecified atom stereocenters. The Morgan fingerprint density at radius 3 is 2.75 bits per heavy atom. The second kappa shape index (κ2) is 7.42. The summed E-state index contributed by atoms with van der Waals surface area (Å²) in [6, 6.07) is 11.4. The van der Waals surface area contributed by atoms with Gasteiger partial charge in [-0.2, -0.15) is 10.1 Å². The van der Waals surface area contributed by atoms with E-state index in [4.69, 9.17) is 4.74 Å². The minimum atomic E-state index is -0.0489. The number of carbonyl (C=O) groups excluding carboxylic acids is 1. The van der Waals surface area contributed by atoms with Crippen LogP contribution in [0, 0.1) is 13.8 Å². The molecule has 4 rings (SSSR count). The summed E-state index contributed by atoms with van der Waals surface area (Å²) in [5.41, 5.74) is 2.37. The molecule has 1 aliphatic rings. The van der Waals surface area contributed by atoms with Gasteiger partial charge in [-0.3, -0.25) is 9.48 Å². The Kier molecular flexibility index (Phi) is 4.81. The molecule has 1 saturated heterocycles. The summed E-state index contributed by atoms with van der Waals surface area (Å²) in [5.74, 6) is 2.08. The first-order valence-corrected chi connectivity index (χ1v) is 9.37. The summed E-state index contributed by atoms with van der Waals surface area (Å²) in [4.78, 5) is 23.7. The minimum absolute atomic E-state index is 0.0489. The molecule has 3 aromatic rings. The van der Waals surface area contributed by atoms with Gasteiger partial charge < -0.3 is 9.64 Å². The van der Waals surface area contributed by atoms with E-state index in [-0.39, 0.29) is 11.8 Å². The van der Waals surface area contributed by atoms with Crippen LogP contribution in [0.5, 0.6) is 11.6 Å². The zero-order valence-corrected chi connectivity index (χ0v) is 16.3. The molecular formula is C21H23N5O2. The minimum Gasteiger partial charge on any atom is -0.439 e. The van der Waals surface area contributed by atoms with Crippen LogP contribution in [-0.4, -0.2) is 43.6 Å². The van der Waals surface area contributed by atoms with Gasteiger partial charge in [-0.15, -0.1) is 0 Å². The van der Waals surface area contributed by atoms with Crippen molar-refractivity contribution >= 4 is 5.91 Å². The number of hydrogen-bond acceptors (Lipinski definition) is 5. The van der Waals surface area contributed by atoms with E-state index < -0.39 is 0 Å². The van der Waals surface area contributed by atoms with Gasteiger partial charge in [-0.1, -0.05) is 18.2 Å². The van der Waals surface area contributed by atoms with E-state index in [2.05, 4.69) is 15.1 Å². The highest BCUT2D eigenvalue weighted by molar-refractivity contribution is 5.92. The SMILES string of the molecule is Cc1cc(Oc2ccccc2C)nc([C@H]2CCN(C(=O)c3ccn(C)n3)C2)n1. The molecule has 1 fully saturated rings. The molecule has 0 aliphatic carbocycles. The van der Waals surface area contributed by atoms with Crippen molar-refractivity contribution < 1.29 is 9.53 Å². The smallest absolute Gasteiger partial charge is 0.274 e. The molecule has 0 bridgehead atoms. The van der Waals surface area contributed by atoms with Crippen molar-refractivity contribution in [1.82, 2.24) is 24.6 Å². The van der Waals surface area contributed by atoms with Crippen molar-refractivity contribution in [2.75, 3.05) is 13.1 Å². The van der Waals surface area contributed by atoms with Gasteiger partial charge in [0.05, 0.1) is 0 Å². The van der Waals surface area contributed by atoms with E-state index >= 15 is 0 Å². The molecule has 1 amide bonds. The Hall–Kier alpha value is -3.22. The highest BCUT2D eigenvalue weighted by Gasteiger charge is 2.31. The van der Waals surface area contributed by atoms with Crippen LogP contribution in [-0.2, 0) is 7.05 Å². The number of benzene rings is 1. The Balaban J connectivity index is 1.51. The maximum Gasteiger partial charge on any atom is 0.274 e. The number of aryl methyl sites for hydroxylation is 3. The summed E-state index contributed by atoms with van der Waals surface area (Å²) >= 11 is 0. The lowest BCUT2D eigenvalue weighted by molar-refractivity contribution is 0.0784. The van der Waals surface area contributed by atoms with Gasteiger partial charge in [0.25, 0.3) is 5.91 Å². The molecule has 0 saturated carbocycles. The van der Waals surface area contributed by atoms with E-state index in [9.17, 15) is 4.79 Å². The van der Waals surface area contributed by atoms with Gasteiger partial charge in [0, 0.05) is 44.0 Å². The van der Waals surface area contributed by atoms with Crippen molar-refractivity contribution in [2.24, 2.45) is 7.05 Å². The van der Waals surface area contributed by atoms with E-state index in [0.29, 0.717) is 24.7 Å². The summed E-state index contributed by atoms with van der Waals surface area (Å²) < 4.78 is 7.63. The quantitative estimate of drug-likeness (QED) is 0.698. The third kappa shape index (κ3) is 3.74. The van der Waals surface area contributed by atoms with Crippen molar-refractivity contribution in [1.29, 1.82) is 0 Å². The topological polar surface area (TPSA) is 73.1 Å². The fourth-order valence-corrected chi connectivity index (χ4v) is 3.43. The van der Waals surface area contributed by atoms with Gasteiger partial charge in [-0.25, -0.2) is 4.98 Å². The fourth-order valence-electron chi connectivity index (χ4n) is 3.43. The number of aromatic nitrogens is 4. The molecule has 7 nitrogen and oxygen atoms in total. The lowest BCUT2D eigenvalue weighted by Crippen LogP contribution is -2.29. The summed E-state index contributed by atoms with van der Waals surface area (Å²) in [6.07, 6.45) is 2.60. The molecule has 28 heavy (non-hydrogen) atoms. The number of likely N-dealkylation sites (tertiary alicyclic amines) is 1. The maximum absolute atomic E-state index is 12.6. The number of ether oxygens (including phenoxy) is 1. The molecule has 1 aromatic carbocycles. The summed E-state index contributed by atoms with van der Waals surface area (Å²) in [6.45, 7) is 5.19. The predicted molar refractivity (Wildman–Crippen MR) is 104 cm³/mol. The molecule has 7 heteroatoms. The highest BCUT2D eigenvalue weighted by Crippen LogP contribution is 2.29. The van der Waals surface area contributed by atoms with Crippen molar-refractivity contribution in [3.05, 3.63) is 65.4 Å². The van der Waals surface area contributed by atoms with Crippen molar-refractivity contribution in [3.8, 4) is 11.6 Å². The molecule has 1 aliphatic heterocycles. The largest absolute Gasteiger partial charge is 0.439 e. The Bertz CT molecular complexity index is 1010. The average Bonchev–Trinajstić information content (AvgIpc) is 3.32. The molecular weight excluding hydrogens is 354 g/mol. The second-order valence-electron chi connectivity index (χ2n) is 7.18. The van der Waals surface area contributed by atoms with Gasteiger partial charge in [0.2, 0.25) is 5.88 Å². The third-order valence-corrected chi connectivity index (χ3v) is 4.93. The van der Waals surface area contributed by atoms with E-state index in [1.54, 1.807) is 24.0 Å². The lowest BCUT2D eigenvalue weighted by atomic mass is 10.1. The Morgan fingerprint density at radius 2 is 2.00 bits per heavy atom. The molecule has 3 heterocycles. The van der Waals surface area contributed by atoms with E-state index in [1.165, 1.54) is 0 Å². The maximum atomic E-state index is 12.6. The van der Waals surface area contributed by atoms with Crippen LogP contribution in [0.2, 0.25) is 0 Å². The third-order valence-electron chi connectivity index (χ3n) is 4.93. The molecule has 0 spiro atoms. The molecule has 0 N–H and O–H groups in total. The second-order valence-corrected chi connectivity index (χ2v) is 7.18. The van der Waals surface area contributed by atoms with Crippen LogP contribution in [0.1, 0.15) is 39.9 Å². The first-order valence-electron chi connectivity index (χ1n) is 9.37. The van der Waals surface area contributed by atoms with E-state index in [1.807, 2.05) is 49.1 Å². The molecule has 2 aromatic heterocycles. The number of para-hydroxylation sites is 1. The normalized spacial score (nSPS) is 16.4. The number of nitrogens with zero attached hydrogens (tertiary/aromatic N) is 5. The zero-order valence-electron chi connectivity index (χ0n) is 16.3. The average molecular weight is 377 g/mol. The number of hydrogen-bond donors (Lipinski definition) is 0. The number of amides is 1. The Morgan fingerprint density at radius 1 is 1.18 bits per heavy atom.